The van der Waals surface area contributed by atoms with Gasteiger partial charge in [0, 0.05) is 51.8 Å². The number of hydrogen-bond acceptors (Lipinski definition) is 4. The van der Waals surface area contributed by atoms with Gasteiger partial charge in [0.25, 0.3) is 0 Å². The Morgan fingerprint density at radius 3 is 2.79 bits per heavy atom. The Bertz CT molecular complexity index is 400. The molecule has 7 heteroatoms. The fourth-order valence-electron chi connectivity index (χ4n) is 2.65. The molecule has 140 valence electrons. The van der Waals surface area contributed by atoms with Gasteiger partial charge >= 0.3 is 0 Å². The number of hydrogen-bond donors (Lipinski definition) is 2. The van der Waals surface area contributed by atoms with Gasteiger partial charge < -0.3 is 25.2 Å². The van der Waals surface area contributed by atoms with Crippen LogP contribution in [-0.2, 0) is 9.53 Å². The van der Waals surface area contributed by atoms with E-state index in [0.29, 0.717) is 0 Å². The molecular weight excluding hydrogens is 306 g/mol. The molecule has 0 bridgehead atoms. The van der Waals surface area contributed by atoms with Crippen LogP contribution in [0.4, 0.5) is 0 Å². The number of nitrogens with one attached hydrogen (secondary N) is 2. The molecule has 1 heterocycles. The van der Waals surface area contributed by atoms with Gasteiger partial charge in [0.1, 0.15) is 0 Å². The van der Waals surface area contributed by atoms with E-state index in [0.717, 1.165) is 58.3 Å². The van der Waals surface area contributed by atoms with Crippen LogP contribution in [0.2, 0.25) is 0 Å². The zero-order valence-corrected chi connectivity index (χ0v) is 16.0. The van der Waals surface area contributed by atoms with E-state index in [-0.39, 0.29) is 17.9 Å². The first kappa shape index (κ1) is 20.7. The summed E-state index contributed by atoms with van der Waals surface area (Å²) in [5, 5.41) is 6.74. The lowest BCUT2D eigenvalue weighted by molar-refractivity contribution is -0.133. The van der Waals surface area contributed by atoms with Crippen molar-refractivity contribution >= 4 is 11.9 Å². The van der Waals surface area contributed by atoms with Crippen LogP contribution in [0, 0.1) is 5.92 Å². The van der Waals surface area contributed by atoms with E-state index < -0.39 is 0 Å². The van der Waals surface area contributed by atoms with Gasteiger partial charge in [-0.1, -0.05) is 13.8 Å². The molecular formula is C17H35N5O2. The first-order valence-electron chi connectivity index (χ1n) is 8.99. The number of nitrogens with zero attached hydrogens (tertiary/aromatic N) is 3. The largest absolute Gasteiger partial charge is 0.383 e. The Hall–Kier alpha value is -1.34. The monoisotopic (exact) mass is 341 g/mol. The average molecular weight is 342 g/mol. The second kappa shape index (κ2) is 11.3. The summed E-state index contributed by atoms with van der Waals surface area (Å²) in [4.78, 5) is 20.9. The summed E-state index contributed by atoms with van der Waals surface area (Å²) in [5.74, 6) is 1.13. The van der Waals surface area contributed by atoms with Crippen molar-refractivity contribution in [3.05, 3.63) is 0 Å². The minimum atomic E-state index is 0.0632. The van der Waals surface area contributed by atoms with Crippen LogP contribution in [-0.4, -0.2) is 87.7 Å². The summed E-state index contributed by atoms with van der Waals surface area (Å²) < 4.78 is 5.08. The maximum Gasteiger partial charge on any atom is 0.225 e. The zero-order valence-electron chi connectivity index (χ0n) is 16.0. The van der Waals surface area contributed by atoms with E-state index in [9.17, 15) is 4.79 Å². The molecule has 1 rings (SSSR count). The smallest absolute Gasteiger partial charge is 0.225 e. The van der Waals surface area contributed by atoms with Crippen molar-refractivity contribution in [3.63, 3.8) is 0 Å². The molecule has 24 heavy (non-hydrogen) atoms. The molecule has 0 aromatic carbocycles. The van der Waals surface area contributed by atoms with Gasteiger partial charge in [-0.05, 0) is 20.4 Å². The van der Waals surface area contributed by atoms with Crippen LogP contribution in [0.3, 0.4) is 0 Å². The SMILES string of the molecule is CCNC(=NCCN(C)CCOC)NC1CCN(C(=O)C(C)C)C1. The van der Waals surface area contributed by atoms with E-state index in [4.69, 9.17) is 4.74 Å². The molecule has 1 saturated heterocycles. The minimum Gasteiger partial charge on any atom is -0.383 e. The third kappa shape index (κ3) is 7.49. The summed E-state index contributed by atoms with van der Waals surface area (Å²) in [6.45, 7) is 11.6. The number of amides is 1. The van der Waals surface area contributed by atoms with E-state index in [1.165, 1.54) is 0 Å². The lowest BCUT2D eigenvalue weighted by atomic mass is 10.2. The molecule has 0 aliphatic carbocycles. The van der Waals surface area contributed by atoms with Gasteiger partial charge in [-0.15, -0.1) is 0 Å². The third-order valence-corrected chi connectivity index (χ3v) is 4.11. The maximum absolute atomic E-state index is 12.1. The standard InChI is InChI=1S/C17H35N5O2/c1-6-18-17(19-8-10-21(4)11-12-24-5)20-15-7-9-22(13-15)16(23)14(2)3/h14-15H,6-13H2,1-5H3,(H2,18,19,20). The lowest BCUT2D eigenvalue weighted by Gasteiger charge is -2.20. The zero-order chi connectivity index (χ0) is 17.9. The summed E-state index contributed by atoms with van der Waals surface area (Å²) in [6.07, 6.45) is 0.969. The molecule has 7 nitrogen and oxygen atoms in total. The van der Waals surface area contributed by atoms with Gasteiger partial charge in [0.15, 0.2) is 5.96 Å². The normalized spacial score (nSPS) is 18.5. The summed E-state index contributed by atoms with van der Waals surface area (Å²) in [7, 11) is 3.79. The van der Waals surface area contributed by atoms with Crippen molar-refractivity contribution in [2.24, 2.45) is 10.9 Å². The Morgan fingerprint density at radius 1 is 1.42 bits per heavy atom. The first-order chi connectivity index (χ1) is 11.5. The van der Waals surface area contributed by atoms with E-state index in [1.807, 2.05) is 18.7 Å². The lowest BCUT2D eigenvalue weighted by Crippen LogP contribution is -2.45. The highest BCUT2D eigenvalue weighted by Crippen LogP contribution is 2.12. The highest BCUT2D eigenvalue weighted by atomic mass is 16.5. The first-order valence-corrected chi connectivity index (χ1v) is 8.99. The number of likely N-dealkylation sites (tertiary alicyclic amines) is 1. The summed E-state index contributed by atoms with van der Waals surface area (Å²) >= 11 is 0. The van der Waals surface area contributed by atoms with Crippen LogP contribution in [0.1, 0.15) is 27.2 Å². The van der Waals surface area contributed by atoms with Gasteiger partial charge in [0.05, 0.1) is 13.2 Å². The Morgan fingerprint density at radius 2 is 2.17 bits per heavy atom. The summed E-state index contributed by atoms with van der Waals surface area (Å²) in [5.41, 5.74) is 0. The molecule has 1 amide bonds. The van der Waals surface area contributed by atoms with Gasteiger partial charge in [-0.3, -0.25) is 9.79 Å². The number of guanidine groups is 1. The van der Waals surface area contributed by atoms with Crippen LogP contribution in [0.15, 0.2) is 4.99 Å². The number of carbonyl (C=O) groups is 1. The van der Waals surface area contributed by atoms with Crippen LogP contribution >= 0.6 is 0 Å². The second-order valence-corrected chi connectivity index (χ2v) is 6.63. The number of ether oxygens (including phenoxy) is 1. The van der Waals surface area contributed by atoms with Crippen LogP contribution in [0.25, 0.3) is 0 Å². The van der Waals surface area contributed by atoms with Crippen LogP contribution < -0.4 is 10.6 Å². The van der Waals surface area contributed by atoms with E-state index in [2.05, 4.69) is 34.5 Å². The van der Waals surface area contributed by atoms with Crippen molar-refractivity contribution in [2.45, 2.75) is 33.2 Å². The van der Waals surface area contributed by atoms with Crippen molar-refractivity contribution in [2.75, 3.05) is 60.0 Å². The molecule has 1 fully saturated rings. The van der Waals surface area contributed by atoms with Gasteiger partial charge in [-0.2, -0.15) is 0 Å². The number of likely N-dealkylation sites (N-methyl/N-ethyl adjacent to an activating group) is 1. The number of rotatable bonds is 9. The van der Waals surface area contributed by atoms with Crippen molar-refractivity contribution < 1.29 is 9.53 Å². The van der Waals surface area contributed by atoms with Gasteiger partial charge in [-0.25, -0.2) is 0 Å². The van der Waals surface area contributed by atoms with Crippen molar-refractivity contribution in [1.82, 2.24) is 20.4 Å². The Balaban J connectivity index is 2.42. The molecule has 0 aromatic rings. The van der Waals surface area contributed by atoms with Crippen LogP contribution in [0.5, 0.6) is 0 Å². The maximum atomic E-state index is 12.1. The molecule has 0 radical (unpaired) electrons. The minimum absolute atomic E-state index is 0.0632. The molecule has 2 N–H and O–H groups in total. The number of carbonyl (C=O) groups excluding carboxylic acids is 1. The molecule has 0 saturated carbocycles. The van der Waals surface area contributed by atoms with Gasteiger partial charge in [0.2, 0.25) is 5.91 Å². The van der Waals surface area contributed by atoms with E-state index >= 15 is 0 Å². The Kier molecular flexibility index (Phi) is 9.71. The fourth-order valence-corrected chi connectivity index (χ4v) is 2.65. The van der Waals surface area contributed by atoms with Crippen molar-refractivity contribution in [1.29, 1.82) is 0 Å². The van der Waals surface area contributed by atoms with E-state index in [1.54, 1.807) is 7.11 Å². The highest BCUT2D eigenvalue weighted by molar-refractivity contribution is 5.81. The number of methoxy groups -OCH3 is 1. The molecule has 1 unspecified atom stereocenters. The molecule has 1 aliphatic rings. The second-order valence-electron chi connectivity index (χ2n) is 6.63. The topological polar surface area (TPSA) is 69.2 Å². The molecule has 1 atom stereocenters. The average Bonchev–Trinajstić information content (AvgIpc) is 3.00. The third-order valence-electron chi connectivity index (χ3n) is 4.11. The number of aliphatic imine (C=N–C) groups is 1. The summed E-state index contributed by atoms with van der Waals surface area (Å²) in [6, 6.07) is 0.275. The molecule has 0 spiro atoms. The quantitative estimate of drug-likeness (QED) is 0.469. The predicted molar refractivity (Wildman–Crippen MR) is 98.3 cm³/mol. The molecule has 0 aromatic heterocycles. The van der Waals surface area contributed by atoms with Crippen molar-refractivity contribution in [3.8, 4) is 0 Å². The predicted octanol–water partition coefficient (Wildman–Crippen LogP) is 0.377. The highest BCUT2D eigenvalue weighted by Gasteiger charge is 2.27. The Labute approximate surface area is 146 Å². The molecule has 1 aliphatic heterocycles. The fraction of sp³-hybridized carbons (Fsp3) is 0.882.